The molecule has 1 aliphatic carbocycles. The predicted molar refractivity (Wildman–Crippen MR) is 95.3 cm³/mol. The Balaban J connectivity index is 1.62. The van der Waals surface area contributed by atoms with Crippen LogP contribution in [0.2, 0.25) is 0 Å². The van der Waals surface area contributed by atoms with Gasteiger partial charge in [-0.15, -0.1) is 5.10 Å². The summed E-state index contributed by atoms with van der Waals surface area (Å²) in [6, 6.07) is 11.8. The number of hydrogen-bond acceptors (Lipinski definition) is 4. The van der Waals surface area contributed by atoms with E-state index in [1.54, 1.807) is 7.11 Å². The molecule has 2 heterocycles. The van der Waals surface area contributed by atoms with Gasteiger partial charge in [0, 0.05) is 12.1 Å². The lowest BCUT2D eigenvalue weighted by Crippen LogP contribution is -2.07. The molecule has 0 aliphatic heterocycles. The smallest absolute Gasteiger partial charge is 0.154 e. The summed E-state index contributed by atoms with van der Waals surface area (Å²) in [4.78, 5) is 4.44. The van der Waals surface area contributed by atoms with E-state index in [0.717, 1.165) is 41.4 Å². The molecular weight excluding hydrogens is 300 g/mol. The van der Waals surface area contributed by atoms with Crippen molar-refractivity contribution in [1.29, 1.82) is 0 Å². The Morgan fingerprint density at radius 2 is 2.04 bits per heavy atom. The number of hydrogen-bond donors (Lipinski definition) is 1. The van der Waals surface area contributed by atoms with Crippen molar-refractivity contribution >= 4 is 11.5 Å². The molecule has 5 heteroatoms. The van der Waals surface area contributed by atoms with E-state index in [2.05, 4.69) is 33.6 Å². The highest BCUT2D eigenvalue weighted by Crippen LogP contribution is 2.23. The second kappa shape index (κ2) is 6.20. The lowest BCUT2D eigenvalue weighted by molar-refractivity contribution is 0.415. The Labute approximate surface area is 140 Å². The minimum atomic E-state index is 0.804. The van der Waals surface area contributed by atoms with Crippen LogP contribution in [0.25, 0.3) is 16.9 Å². The highest BCUT2D eigenvalue weighted by molar-refractivity contribution is 5.64. The standard InChI is InChI=1S/C19H18N4O/c1-24-16-8-6-15(7-9-16)17-13-21-19-11-10-18(22-23(17)19)20-12-14-4-2-3-5-14/h2-4,6-11,13H,5,12H2,1H3,(H,20,22). The zero-order valence-electron chi connectivity index (χ0n) is 13.4. The van der Waals surface area contributed by atoms with E-state index in [9.17, 15) is 0 Å². The SMILES string of the molecule is COc1ccc(-c2cnc3ccc(NCC4=CC=CC4)nn23)cc1. The predicted octanol–water partition coefficient (Wildman–Crippen LogP) is 3.70. The van der Waals surface area contributed by atoms with Crippen LogP contribution in [0, 0.1) is 0 Å². The number of nitrogens with one attached hydrogen (secondary N) is 1. The molecule has 0 radical (unpaired) electrons. The van der Waals surface area contributed by atoms with Gasteiger partial charge in [0.2, 0.25) is 0 Å². The molecule has 0 unspecified atom stereocenters. The van der Waals surface area contributed by atoms with Crippen molar-refractivity contribution < 1.29 is 4.74 Å². The number of fused-ring (bicyclic) bond motifs is 1. The Hall–Kier alpha value is -3.08. The quantitative estimate of drug-likeness (QED) is 0.779. The number of ether oxygens (including phenoxy) is 1. The second-order valence-electron chi connectivity index (χ2n) is 5.67. The zero-order valence-corrected chi connectivity index (χ0v) is 13.4. The van der Waals surface area contributed by atoms with Crippen molar-refractivity contribution in [2.75, 3.05) is 19.0 Å². The number of anilines is 1. The minimum Gasteiger partial charge on any atom is -0.497 e. The number of aromatic nitrogens is 3. The number of methoxy groups -OCH3 is 1. The van der Waals surface area contributed by atoms with Gasteiger partial charge in [-0.2, -0.15) is 0 Å². The molecule has 0 atom stereocenters. The van der Waals surface area contributed by atoms with E-state index in [1.165, 1.54) is 5.57 Å². The third kappa shape index (κ3) is 2.76. The second-order valence-corrected chi connectivity index (χ2v) is 5.67. The first-order chi connectivity index (χ1) is 11.8. The average molecular weight is 318 g/mol. The van der Waals surface area contributed by atoms with Gasteiger partial charge >= 0.3 is 0 Å². The van der Waals surface area contributed by atoms with E-state index < -0.39 is 0 Å². The molecule has 4 rings (SSSR count). The summed E-state index contributed by atoms with van der Waals surface area (Å²) in [5, 5.41) is 8.06. The van der Waals surface area contributed by atoms with Gasteiger partial charge in [0.25, 0.3) is 0 Å². The molecule has 1 aromatic carbocycles. The van der Waals surface area contributed by atoms with Gasteiger partial charge in [-0.1, -0.05) is 18.2 Å². The van der Waals surface area contributed by atoms with Crippen molar-refractivity contribution in [2.45, 2.75) is 6.42 Å². The molecular formula is C19H18N4O. The van der Waals surface area contributed by atoms with Crippen molar-refractivity contribution in [3.8, 4) is 17.0 Å². The highest BCUT2D eigenvalue weighted by Gasteiger charge is 2.08. The molecule has 0 saturated heterocycles. The van der Waals surface area contributed by atoms with Gasteiger partial charge in [0.15, 0.2) is 5.65 Å². The van der Waals surface area contributed by atoms with Gasteiger partial charge in [-0.3, -0.25) is 0 Å². The first-order valence-corrected chi connectivity index (χ1v) is 7.91. The topological polar surface area (TPSA) is 51.5 Å². The third-order valence-electron chi connectivity index (χ3n) is 4.09. The maximum Gasteiger partial charge on any atom is 0.154 e. The molecule has 0 saturated carbocycles. The Bertz CT molecular complexity index is 922. The van der Waals surface area contributed by atoms with Gasteiger partial charge in [-0.25, -0.2) is 9.50 Å². The third-order valence-corrected chi connectivity index (χ3v) is 4.09. The van der Waals surface area contributed by atoms with Crippen LogP contribution in [-0.4, -0.2) is 28.3 Å². The normalized spacial score (nSPS) is 13.3. The molecule has 120 valence electrons. The summed E-state index contributed by atoms with van der Waals surface area (Å²) < 4.78 is 7.08. The maximum absolute atomic E-state index is 5.22. The molecule has 5 nitrogen and oxygen atoms in total. The van der Waals surface area contributed by atoms with Gasteiger partial charge in [0.1, 0.15) is 11.6 Å². The lowest BCUT2D eigenvalue weighted by atomic mass is 10.1. The summed E-state index contributed by atoms with van der Waals surface area (Å²) in [6.07, 6.45) is 9.25. The van der Waals surface area contributed by atoms with Crippen LogP contribution in [0.5, 0.6) is 5.75 Å². The van der Waals surface area contributed by atoms with Crippen LogP contribution in [0.4, 0.5) is 5.82 Å². The van der Waals surface area contributed by atoms with E-state index in [4.69, 9.17) is 4.74 Å². The fourth-order valence-corrected chi connectivity index (χ4v) is 2.75. The molecule has 0 bridgehead atoms. The zero-order chi connectivity index (χ0) is 16.4. The molecule has 3 aromatic rings. The number of benzene rings is 1. The fourth-order valence-electron chi connectivity index (χ4n) is 2.75. The summed E-state index contributed by atoms with van der Waals surface area (Å²) in [6.45, 7) is 0.804. The van der Waals surface area contributed by atoms with Gasteiger partial charge in [-0.05, 0) is 48.4 Å². The molecule has 1 N–H and O–H groups in total. The largest absolute Gasteiger partial charge is 0.497 e. The first kappa shape index (κ1) is 14.5. The minimum absolute atomic E-state index is 0.804. The Morgan fingerprint density at radius 3 is 2.79 bits per heavy atom. The Kier molecular flexibility index (Phi) is 3.75. The Morgan fingerprint density at radius 1 is 1.17 bits per heavy atom. The van der Waals surface area contributed by atoms with Crippen LogP contribution in [-0.2, 0) is 0 Å². The van der Waals surface area contributed by atoms with Crippen molar-refractivity contribution in [3.05, 3.63) is 66.4 Å². The summed E-state index contributed by atoms with van der Waals surface area (Å²) in [7, 11) is 1.66. The van der Waals surface area contributed by atoms with Crippen LogP contribution >= 0.6 is 0 Å². The number of nitrogens with zero attached hydrogens (tertiary/aromatic N) is 3. The first-order valence-electron chi connectivity index (χ1n) is 7.91. The molecule has 2 aromatic heterocycles. The fraction of sp³-hybridized carbons (Fsp3) is 0.158. The van der Waals surface area contributed by atoms with E-state index in [-0.39, 0.29) is 0 Å². The van der Waals surface area contributed by atoms with Crippen LogP contribution < -0.4 is 10.1 Å². The van der Waals surface area contributed by atoms with Crippen molar-refractivity contribution in [1.82, 2.24) is 14.6 Å². The average Bonchev–Trinajstić information content (AvgIpc) is 3.29. The van der Waals surface area contributed by atoms with Gasteiger partial charge < -0.3 is 10.1 Å². The molecule has 1 aliphatic rings. The summed E-state index contributed by atoms with van der Waals surface area (Å²) in [5.41, 5.74) is 4.19. The van der Waals surface area contributed by atoms with E-state index in [0.29, 0.717) is 0 Å². The molecule has 0 spiro atoms. The van der Waals surface area contributed by atoms with Crippen LogP contribution in [0.3, 0.4) is 0 Å². The van der Waals surface area contributed by atoms with Gasteiger partial charge in [0.05, 0.1) is 19.0 Å². The van der Waals surface area contributed by atoms with Crippen molar-refractivity contribution in [3.63, 3.8) is 0 Å². The molecule has 24 heavy (non-hydrogen) atoms. The van der Waals surface area contributed by atoms with Crippen LogP contribution in [0.15, 0.2) is 66.4 Å². The molecule has 0 fully saturated rings. The van der Waals surface area contributed by atoms with Crippen LogP contribution in [0.1, 0.15) is 6.42 Å². The summed E-state index contributed by atoms with van der Waals surface area (Å²) in [5.74, 6) is 1.67. The maximum atomic E-state index is 5.22. The monoisotopic (exact) mass is 318 g/mol. The number of rotatable bonds is 5. The lowest BCUT2D eigenvalue weighted by Gasteiger charge is -2.08. The number of imidazole rings is 1. The highest BCUT2D eigenvalue weighted by atomic mass is 16.5. The van der Waals surface area contributed by atoms with E-state index in [1.807, 2.05) is 47.1 Å². The van der Waals surface area contributed by atoms with Crippen molar-refractivity contribution in [2.24, 2.45) is 0 Å². The van der Waals surface area contributed by atoms with E-state index >= 15 is 0 Å². The number of allylic oxidation sites excluding steroid dienone is 3. The summed E-state index contributed by atoms with van der Waals surface area (Å²) >= 11 is 0. The molecule has 0 amide bonds.